The fraction of sp³-hybridized carbons (Fsp3) is 0. The first-order chi connectivity index (χ1) is 6.20. The highest BCUT2D eigenvalue weighted by atomic mass is 79.9. The lowest BCUT2D eigenvalue weighted by Gasteiger charge is -2.01. The molecule has 0 saturated carbocycles. The van der Waals surface area contributed by atoms with Gasteiger partial charge >= 0.3 is 0 Å². The molecule has 0 amide bonds. The van der Waals surface area contributed by atoms with Crippen LogP contribution in [0.15, 0.2) is 28.7 Å². The molecule has 1 aromatic carbocycles. The van der Waals surface area contributed by atoms with Gasteiger partial charge in [0.15, 0.2) is 5.82 Å². The Morgan fingerprint density at radius 2 is 1.85 bits per heavy atom. The zero-order valence-electron chi connectivity index (χ0n) is 6.39. The van der Waals surface area contributed by atoms with Crippen LogP contribution in [0.3, 0.4) is 0 Å². The van der Waals surface area contributed by atoms with E-state index in [1.165, 1.54) is 0 Å². The number of fused-ring (bicyclic) bond motifs is 1. The van der Waals surface area contributed by atoms with Crippen molar-refractivity contribution >= 4 is 26.8 Å². The zero-order chi connectivity index (χ0) is 9.42. The number of pyridine rings is 1. The lowest BCUT2D eigenvalue weighted by Crippen LogP contribution is -1.92. The Bertz CT molecular complexity index is 470. The monoisotopic (exact) mass is 243 g/mol. The third kappa shape index (κ3) is 1.31. The molecule has 2 aromatic rings. The van der Waals surface area contributed by atoms with Gasteiger partial charge in [-0.15, -0.1) is 0 Å². The van der Waals surface area contributed by atoms with E-state index in [1.54, 1.807) is 24.3 Å². The fourth-order valence-corrected chi connectivity index (χ4v) is 1.62. The summed E-state index contributed by atoms with van der Waals surface area (Å²) in [6, 6.07) is 6.77. The molecule has 0 fully saturated rings. The average Bonchev–Trinajstić information content (AvgIpc) is 2.15. The van der Waals surface area contributed by atoms with Crippen LogP contribution in [-0.2, 0) is 0 Å². The summed E-state index contributed by atoms with van der Waals surface area (Å²) in [5.74, 6) is -2.02. The summed E-state index contributed by atoms with van der Waals surface area (Å²) < 4.78 is 25.9. The van der Waals surface area contributed by atoms with Gasteiger partial charge in [0.2, 0.25) is 0 Å². The Balaban J connectivity index is 2.94. The van der Waals surface area contributed by atoms with Crippen molar-refractivity contribution < 1.29 is 8.78 Å². The zero-order valence-corrected chi connectivity index (χ0v) is 7.98. The van der Waals surface area contributed by atoms with Crippen molar-refractivity contribution in [1.82, 2.24) is 4.98 Å². The van der Waals surface area contributed by atoms with Gasteiger partial charge in [0.05, 0.1) is 9.99 Å². The second kappa shape index (κ2) is 3.03. The van der Waals surface area contributed by atoms with Crippen molar-refractivity contribution in [2.75, 3.05) is 0 Å². The van der Waals surface area contributed by atoms with Crippen LogP contribution in [0.5, 0.6) is 0 Å². The standard InChI is InChI=1S/C9H4BrF2N/c10-7-5-3-1-2-4-6(5)13-9(12)8(7)11/h1-4H. The van der Waals surface area contributed by atoms with Crippen molar-refractivity contribution in [2.45, 2.75) is 0 Å². The minimum absolute atomic E-state index is 0.121. The van der Waals surface area contributed by atoms with Crippen LogP contribution in [0.2, 0.25) is 0 Å². The van der Waals surface area contributed by atoms with Gasteiger partial charge in [-0.3, -0.25) is 0 Å². The van der Waals surface area contributed by atoms with Gasteiger partial charge in [-0.05, 0) is 22.0 Å². The van der Waals surface area contributed by atoms with Gasteiger partial charge in [0.1, 0.15) is 0 Å². The molecular formula is C9H4BrF2N. The quantitative estimate of drug-likeness (QED) is 0.648. The lowest BCUT2D eigenvalue weighted by molar-refractivity contribution is 0.480. The van der Waals surface area contributed by atoms with Gasteiger partial charge in [-0.1, -0.05) is 18.2 Å². The molecular weight excluding hydrogens is 240 g/mol. The molecule has 0 saturated heterocycles. The van der Waals surface area contributed by atoms with Crippen LogP contribution in [0.25, 0.3) is 10.9 Å². The lowest BCUT2D eigenvalue weighted by atomic mass is 10.2. The second-order valence-electron chi connectivity index (χ2n) is 2.55. The van der Waals surface area contributed by atoms with Crippen molar-refractivity contribution in [3.05, 3.63) is 40.5 Å². The Morgan fingerprint density at radius 3 is 2.62 bits per heavy atom. The smallest absolute Gasteiger partial charge is 0.217 e. The molecule has 2 rings (SSSR count). The molecule has 0 atom stereocenters. The first kappa shape index (κ1) is 8.56. The van der Waals surface area contributed by atoms with E-state index in [-0.39, 0.29) is 4.47 Å². The van der Waals surface area contributed by atoms with Crippen molar-refractivity contribution in [2.24, 2.45) is 0 Å². The minimum atomic E-state index is -1.08. The average molecular weight is 244 g/mol. The van der Waals surface area contributed by atoms with E-state index >= 15 is 0 Å². The summed E-state index contributed by atoms with van der Waals surface area (Å²) in [6.45, 7) is 0. The molecule has 0 radical (unpaired) electrons. The fourth-order valence-electron chi connectivity index (χ4n) is 1.12. The van der Waals surface area contributed by atoms with E-state index in [4.69, 9.17) is 0 Å². The maximum Gasteiger partial charge on any atom is 0.250 e. The van der Waals surface area contributed by atoms with E-state index < -0.39 is 11.8 Å². The number of aromatic nitrogens is 1. The highest BCUT2D eigenvalue weighted by Crippen LogP contribution is 2.26. The van der Waals surface area contributed by atoms with Crippen LogP contribution < -0.4 is 0 Å². The molecule has 1 nitrogen and oxygen atoms in total. The van der Waals surface area contributed by atoms with Gasteiger partial charge in [0, 0.05) is 5.39 Å². The highest BCUT2D eigenvalue weighted by Gasteiger charge is 2.11. The molecule has 0 N–H and O–H groups in total. The molecule has 4 heteroatoms. The predicted octanol–water partition coefficient (Wildman–Crippen LogP) is 3.28. The third-order valence-electron chi connectivity index (χ3n) is 1.73. The van der Waals surface area contributed by atoms with E-state index in [1.807, 2.05) is 0 Å². The maximum atomic E-state index is 13.0. The molecule has 13 heavy (non-hydrogen) atoms. The SMILES string of the molecule is Fc1nc2ccccc2c(Br)c1F. The summed E-state index contributed by atoms with van der Waals surface area (Å²) in [4.78, 5) is 3.46. The molecule has 0 bridgehead atoms. The second-order valence-corrected chi connectivity index (χ2v) is 3.34. The third-order valence-corrected chi connectivity index (χ3v) is 2.51. The molecule has 0 aliphatic carbocycles. The molecule has 0 aliphatic heterocycles. The van der Waals surface area contributed by atoms with E-state index in [2.05, 4.69) is 20.9 Å². The van der Waals surface area contributed by atoms with Crippen LogP contribution in [0.4, 0.5) is 8.78 Å². The van der Waals surface area contributed by atoms with Crippen LogP contribution in [-0.4, -0.2) is 4.98 Å². The van der Waals surface area contributed by atoms with Crippen LogP contribution >= 0.6 is 15.9 Å². The first-order valence-electron chi connectivity index (χ1n) is 3.59. The summed E-state index contributed by atoms with van der Waals surface area (Å²) >= 11 is 2.98. The number of hydrogen-bond acceptors (Lipinski definition) is 1. The van der Waals surface area contributed by atoms with Gasteiger partial charge < -0.3 is 0 Å². The molecule has 0 spiro atoms. The first-order valence-corrected chi connectivity index (χ1v) is 4.38. The van der Waals surface area contributed by atoms with E-state index in [0.717, 1.165) is 0 Å². The molecule has 0 aliphatic rings. The van der Waals surface area contributed by atoms with Crippen LogP contribution in [0.1, 0.15) is 0 Å². The summed E-state index contributed by atoms with van der Waals surface area (Å²) in [7, 11) is 0. The Labute approximate surface area is 81.5 Å². The van der Waals surface area contributed by atoms with Gasteiger partial charge in [0.25, 0.3) is 5.95 Å². The molecule has 66 valence electrons. The van der Waals surface area contributed by atoms with Crippen molar-refractivity contribution in [3.63, 3.8) is 0 Å². The molecule has 1 heterocycles. The predicted molar refractivity (Wildman–Crippen MR) is 49.4 cm³/mol. The number of benzene rings is 1. The maximum absolute atomic E-state index is 13.0. The Kier molecular flexibility index (Phi) is 2.00. The number of hydrogen-bond donors (Lipinski definition) is 0. The summed E-state index contributed by atoms with van der Waals surface area (Å²) in [5.41, 5.74) is 0.438. The van der Waals surface area contributed by atoms with Gasteiger partial charge in [-0.25, -0.2) is 9.37 Å². The Hall–Kier alpha value is -1.03. The molecule has 1 aromatic heterocycles. The van der Waals surface area contributed by atoms with Crippen LogP contribution in [0, 0.1) is 11.8 Å². The summed E-state index contributed by atoms with van der Waals surface area (Å²) in [6.07, 6.45) is 0. The van der Waals surface area contributed by atoms with Crippen molar-refractivity contribution in [1.29, 1.82) is 0 Å². The summed E-state index contributed by atoms with van der Waals surface area (Å²) in [5, 5.41) is 0.571. The highest BCUT2D eigenvalue weighted by molar-refractivity contribution is 9.10. The van der Waals surface area contributed by atoms with Crippen molar-refractivity contribution in [3.8, 4) is 0 Å². The Morgan fingerprint density at radius 1 is 1.15 bits per heavy atom. The topological polar surface area (TPSA) is 12.9 Å². The normalized spacial score (nSPS) is 10.7. The number of rotatable bonds is 0. The van der Waals surface area contributed by atoms with Gasteiger partial charge in [-0.2, -0.15) is 4.39 Å². The van der Waals surface area contributed by atoms with E-state index in [0.29, 0.717) is 10.9 Å². The van der Waals surface area contributed by atoms with E-state index in [9.17, 15) is 8.78 Å². The number of para-hydroxylation sites is 1. The number of halogens is 3. The largest absolute Gasteiger partial charge is 0.250 e. The minimum Gasteiger partial charge on any atom is -0.217 e. The molecule has 0 unspecified atom stereocenters. The number of nitrogens with zero attached hydrogens (tertiary/aromatic N) is 1.